The van der Waals surface area contributed by atoms with Crippen molar-refractivity contribution in [2.45, 2.75) is 13.0 Å². The minimum atomic E-state index is 0.191. The van der Waals surface area contributed by atoms with Crippen molar-refractivity contribution in [3.05, 3.63) is 59.7 Å². The lowest BCUT2D eigenvalue weighted by Crippen LogP contribution is -2.36. The van der Waals surface area contributed by atoms with E-state index in [9.17, 15) is 0 Å². The number of ether oxygens (including phenoxy) is 1. The number of methoxy groups -OCH3 is 1. The molecule has 4 nitrogen and oxygen atoms in total. The number of aryl methyl sites for hydroxylation is 1. The summed E-state index contributed by atoms with van der Waals surface area (Å²) in [4.78, 5) is 2.16. The van der Waals surface area contributed by atoms with Crippen LogP contribution in [0, 0.1) is 6.92 Å². The summed E-state index contributed by atoms with van der Waals surface area (Å²) < 4.78 is 5.33. The number of hydrogen-bond acceptors (Lipinski definition) is 3. The number of likely N-dealkylation sites (N-methyl/N-ethyl adjacent to an activating group) is 1. The zero-order valence-electron chi connectivity index (χ0n) is 14.7. The molecule has 0 aromatic heterocycles. The summed E-state index contributed by atoms with van der Waals surface area (Å²) in [5.41, 5.74) is 3.38. The number of rotatable bonds is 6. The Bertz CT molecular complexity index is 688. The van der Waals surface area contributed by atoms with Crippen LogP contribution in [0.3, 0.4) is 0 Å². The molecule has 0 aliphatic carbocycles. The lowest BCUT2D eigenvalue weighted by molar-refractivity contribution is 0.298. The average molecular weight is 343 g/mol. The van der Waals surface area contributed by atoms with E-state index in [4.69, 9.17) is 17.0 Å². The van der Waals surface area contributed by atoms with Gasteiger partial charge in [-0.1, -0.05) is 30.3 Å². The molecule has 2 aromatic rings. The largest absolute Gasteiger partial charge is 0.497 e. The van der Waals surface area contributed by atoms with E-state index in [0.29, 0.717) is 11.7 Å². The first-order valence-electron chi connectivity index (χ1n) is 7.92. The summed E-state index contributed by atoms with van der Waals surface area (Å²) in [6.45, 7) is 2.77. The van der Waals surface area contributed by atoms with E-state index in [1.165, 1.54) is 11.1 Å². The van der Waals surface area contributed by atoms with Gasteiger partial charge in [-0.2, -0.15) is 0 Å². The highest BCUT2D eigenvalue weighted by atomic mass is 32.1. The van der Waals surface area contributed by atoms with Crippen LogP contribution < -0.4 is 15.4 Å². The van der Waals surface area contributed by atoms with Crippen LogP contribution in [-0.4, -0.2) is 37.8 Å². The smallest absolute Gasteiger partial charge is 0.170 e. The third-order valence-electron chi connectivity index (χ3n) is 3.95. The number of nitrogens with zero attached hydrogens (tertiary/aromatic N) is 1. The maximum absolute atomic E-state index is 5.43. The number of para-hydroxylation sites is 1. The Morgan fingerprint density at radius 3 is 2.58 bits per heavy atom. The molecule has 5 heteroatoms. The van der Waals surface area contributed by atoms with Crippen LogP contribution in [0.15, 0.2) is 48.5 Å². The van der Waals surface area contributed by atoms with Crippen LogP contribution >= 0.6 is 12.2 Å². The van der Waals surface area contributed by atoms with E-state index in [0.717, 1.165) is 11.4 Å². The first-order chi connectivity index (χ1) is 11.5. The number of benzene rings is 2. The van der Waals surface area contributed by atoms with Crippen LogP contribution in [0.4, 0.5) is 5.69 Å². The van der Waals surface area contributed by atoms with Crippen molar-refractivity contribution in [3.8, 4) is 5.75 Å². The lowest BCUT2D eigenvalue weighted by Gasteiger charge is -2.26. The summed E-state index contributed by atoms with van der Waals surface area (Å²) in [5, 5.41) is 7.19. The van der Waals surface area contributed by atoms with E-state index in [2.05, 4.69) is 54.8 Å². The van der Waals surface area contributed by atoms with E-state index in [-0.39, 0.29) is 6.04 Å². The van der Waals surface area contributed by atoms with E-state index in [1.807, 2.05) is 30.3 Å². The minimum Gasteiger partial charge on any atom is -0.497 e. The van der Waals surface area contributed by atoms with Gasteiger partial charge in [-0.05, 0) is 62.6 Å². The molecular formula is C19H25N3OS. The molecule has 0 bridgehead atoms. The molecule has 0 amide bonds. The SMILES string of the molecule is COc1cccc([C@@H](CNC(=S)Nc2ccccc2C)N(C)C)c1. The van der Waals surface area contributed by atoms with Gasteiger partial charge in [0.15, 0.2) is 5.11 Å². The van der Waals surface area contributed by atoms with Gasteiger partial charge >= 0.3 is 0 Å². The van der Waals surface area contributed by atoms with Crippen LogP contribution in [0.2, 0.25) is 0 Å². The molecule has 2 aromatic carbocycles. The second-order valence-electron chi connectivity index (χ2n) is 5.91. The van der Waals surface area contributed by atoms with Gasteiger partial charge in [0.2, 0.25) is 0 Å². The fourth-order valence-corrected chi connectivity index (χ4v) is 2.71. The normalized spacial score (nSPS) is 11.9. The zero-order valence-corrected chi connectivity index (χ0v) is 15.5. The van der Waals surface area contributed by atoms with Gasteiger partial charge in [0, 0.05) is 12.2 Å². The molecule has 0 radical (unpaired) electrons. The zero-order chi connectivity index (χ0) is 17.5. The number of hydrogen-bond donors (Lipinski definition) is 2. The average Bonchev–Trinajstić information content (AvgIpc) is 2.57. The van der Waals surface area contributed by atoms with Gasteiger partial charge in [-0.3, -0.25) is 0 Å². The highest BCUT2D eigenvalue weighted by Crippen LogP contribution is 2.22. The Balaban J connectivity index is 2.01. The molecule has 2 N–H and O–H groups in total. The van der Waals surface area contributed by atoms with Crippen molar-refractivity contribution in [2.24, 2.45) is 0 Å². The summed E-state index contributed by atoms with van der Waals surface area (Å²) in [6, 6.07) is 16.4. The molecule has 0 heterocycles. The summed E-state index contributed by atoms with van der Waals surface area (Å²) >= 11 is 5.43. The highest BCUT2D eigenvalue weighted by molar-refractivity contribution is 7.80. The van der Waals surface area contributed by atoms with Crippen molar-refractivity contribution < 1.29 is 4.74 Å². The number of nitrogens with one attached hydrogen (secondary N) is 2. The molecule has 24 heavy (non-hydrogen) atoms. The van der Waals surface area contributed by atoms with Crippen molar-refractivity contribution in [1.82, 2.24) is 10.2 Å². The van der Waals surface area contributed by atoms with Gasteiger partial charge in [0.25, 0.3) is 0 Å². The Kier molecular flexibility index (Phi) is 6.58. The van der Waals surface area contributed by atoms with E-state index < -0.39 is 0 Å². The van der Waals surface area contributed by atoms with Gasteiger partial charge in [0.1, 0.15) is 5.75 Å². The topological polar surface area (TPSA) is 36.5 Å². The molecule has 0 aliphatic rings. The Labute approximate surface area is 149 Å². The van der Waals surface area contributed by atoms with Crippen LogP contribution in [0.5, 0.6) is 5.75 Å². The van der Waals surface area contributed by atoms with Gasteiger partial charge < -0.3 is 20.3 Å². The second-order valence-corrected chi connectivity index (χ2v) is 6.31. The quantitative estimate of drug-likeness (QED) is 0.784. The molecular weight excluding hydrogens is 318 g/mol. The Hall–Kier alpha value is -2.11. The molecule has 0 unspecified atom stereocenters. The second kappa shape index (κ2) is 8.66. The Morgan fingerprint density at radius 1 is 1.17 bits per heavy atom. The standard InChI is InChI=1S/C19H25N3OS/c1-14-8-5-6-11-17(14)21-19(24)20-13-18(22(2)3)15-9-7-10-16(12-15)23-4/h5-12,18H,13H2,1-4H3,(H2,20,21,24)/t18-/m1/s1. The van der Waals surface area contributed by atoms with Crippen molar-refractivity contribution >= 4 is 23.0 Å². The molecule has 0 saturated heterocycles. The van der Waals surface area contributed by atoms with Crippen LogP contribution in [0.25, 0.3) is 0 Å². The highest BCUT2D eigenvalue weighted by Gasteiger charge is 2.15. The molecule has 0 saturated carbocycles. The lowest BCUT2D eigenvalue weighted by atomic mass is 10.1. The van der Waals surface area contributed by atoms with E-state index >= 15 is 0 Å². The summed E-state index contributed by atoms with van der Waals surface area (Å²) in [5.74, 6) is 0.861. The van der Waals surface area contributed by atoms with Gasteiger partial charge in [-0.25, -0.2) is 0 Å². The van der Waals surface area contributed by atoms with Crippen LogP contribution in [0.1, 0.15) is 17.2 Å². The molecule has 0 aliphatic heterocycles. The fourth-order valence-electron chi connectivity index (χ4n) is 2.52. The molecule has 128 valence electrons. The summed E-state index contributed by atoms with van der Waals surface area (Å²) in [7, 11) is 5.80. The van der Waals surface area contributed by atoms with Crippen LogP contribution in [-0.2, 0) is 0 Å². The van der Waals surface area contributed by atoms with Crippen molar-refractivity contribution in [3.63, 3.8) is 0 Å². The van der Waals surface area contributed by atoms with Gasteiger partial charge in [-0.15, -0.1) is 0 Å². The van der Waals surface area contributed by atoms with E-state index in [1.54, 1.807) is 7.11 Å². The monoisotopic (exact) mass is 343 g/mol. The minimum absolute atomic E-state index is 0.191. The third-order valence-corrected chi connectivity index (χ3v) is 4.20. The molecule has 2 rings (SSSR count). The Morgan fingerprint density at radius 2 is 1.92 bits per heavy atom. The fraction of sp³-hybridized carbons (Fsp3) is 0.316. The van der Waals surface area contributed by atoms with Gasteiger partial charge in [0.05, 0.1) is 13.2 Å². The molecule has 1 atom stereocenters. The molecule has 0 spiro atoms. The summed E-state index contributed by atoms with van der Waals surface area (Å²) in [6.07, 6.45) is 0. The number of anilines is 1. The predicted molar refractivity (Wildman–Crippen MR) is 105 cm³/mol. The third kappa shape index (κ3) is 4.94. The predicted octanol–water partition coefficient (Wildman–Crippen LogP) is 3.59. The maximum atomic E-state index is 5.43. The number of thiocarbonyl (C=S) groups is 1. The molecule has 0 fully saturated rings. The first-order valence-corrected chi connectivity index (χ1v) is 8.33. The maximum Gasteiger partial charge on any atom is 0.170 e. The van der Waals surface area contributed by atoms with Crippen molar-refractivity contribution in [2.75, 3.05) is 33.1 Å². The first kappa shape index (κ1) is 18.2. The van der Waals surface area contributed by atoms with Crippen molar-refractivity contribution in [1.29, 1.82) is 0 Å².